The average Bonchev–Trinajstić information content (AvgIpc) is 3.66. The zero-order valence-corrected chi connectivity index (χ0v) is 25.7. The third kappa shape index (κ3) is 9.62. The summed E-state index contributed by atoms with van der Waals surface area (Å²) >= 11 is 0. The molecule has 4 heterocycles. The lowest BCUT2D eigenvalue weighted by atomic mass is 10.1. The lowest BCUT2D eigenvalue weighted by Gasteiger charge is -2.23. The standard InChI is InChI=1S/C18H17N5O4.C12H20N2O2.C2H2/c1-23(2)16(25)14-6-4-10(8-20-14)15(24)22-18(19)21-12-5-3-11-9-27-17(26)13(11)7-12;15-11-6-2-1-3-9-14(11)10-12(16)13-7-4-5-8-13;1-2/h3-8H,9H2,1-2H3,(H3,19,21,22,24);1-10H2;1-2H. The Hall–Kier alpha value is -5.25. The number of hydrogen-bond acceptors (Lipinski definition) is 8. The molecular weight excluding hydrogens is 578 g/mol. The lowest BCUT2D eigenvalue weighted by Crippen LogP contribution is -2.41. The number of benzene rings is 1. The Labute approximate surface area is 262 Å². The smallest absolute Gasteiger partial charge is 0.338 e. The molecule has 0 atom stereocenters. The summed E-state index contributed by atoms with van der Waals surface area (Å²) in [5.74, 6) is -1.05. The number of nitrogens with two attached hydrogens (primary N) is 1. The molecule has 45 heavy (non-hydrogen) atoms. The number of rotatable bonds is 5. The van der Waals surface area contributed by atoms with Gasteiger partial charge in [-0.15, -0.1) is 12.8 Å². The van der Waals surface area contributed by atoms with Crippen molar-refractivity contribution in [2.24, 2.45) is 10.7 Å². The van der Waals surface area contributed by atoms with Crippen LogP contribution in [-0.4, -0.2) is 95.5 Å². The Morgan fingerprint density at radius 1 is 1.02 bits per heavy atom. The Morgan fingerprint density at radius 3 is 2.40 bits per heavy atom. The van der Waals surface area contributed by atoms with E-state index < -0.39 is 11.9 Å². The van der Waals surface area contributed by atoms with E-state index in [9.17, 15) is 24.0 Å². The van der Waals surface area contributed by atoms with Gasteiger partial charge in [-0.05, 0) is 49.9 Å². The van der Waals surface area contributed by atoms with Gasteiger partial charge in [0.1, 0.15) is 12.3 Å². The highest BCUT2D eigenvalue weighted by Gasteiger charge is 2.24. The largest absolute Gasteiger partial charge is 0.457 e. The van der Waals surface area contributed by atoms with Gasteiger partial charge in [-0.2, -0.15) is 0 Å². The summed E-state index contributed by atoms with van der Waals surface area (Å²) in [4.78, 5) is 72.3. The topological polar surface area (TPSA) is 168 Å². The van der Waals surface area contributed by atoms with E-state index in [0.717, 1.165) is 57.3 Å². The van der Waals surface area contributed by atoms with E-state index in [1.165, 1.54) is 23.2 Å². The minimum atomic E-state index is -0.520. The minimum absolute atomic E-state index is 0.132. The predicted molar refractivity (Wildman–Crippen MR) is 167 cm³/mol. The molecule has 0 spiro atoms. The number of carbonyl (C=O) groups excluding carboxylic acids is 5. The highest BCUT2D eigenvalue weighted by atomic mass is 16.5. The van der Waals surface area contributed by atoms with Gasteiger partial charge >= 0.3 is 5.97 Å². The summed E-state index contributed by atoms with van der Waals surface area (Å²) in [6.07, 6.45) is 15.3. The van der Waals surface area contributed by atoms with Crippen molar-refractivity contribution in [2.45, 2.75) is 45.1 Å². The number of nitrogens with one attached hydrogen (secondary N) is 1. The first-order valence-corrected chi connectivity index (χ1v) is 14.6. The number of pyridine rings is 1. The van der Waals surface area contributed by atoms with Crippen LogP contribution in [0.3, 0.4) is 0 Å². The van der Waals surface area contributed by atoms with Gasteiger partial charge in [-0.25, -0.2) is 9.79 Å². The fourth-order valence-electron chi connectivity index (χ4n) is 4.85. The van der Waals surface area contributed by atoms with Crippen LogP contribution in [0.5, 0.6) is 0 Å². The molecule has 1 aromatic heterocycles. The first kappa shape index (κ1) is 34.2. The fraction of sp³-hybridized carbons (Fsp3) is 0.406. The maximum absolute atomic E-state index is 12.2. The van der Waals surface area contributed by atoms with Crippen LogP contribution < -0.4 is 11.1 Å². The molecule has 2 fully saturated rings. The number of amides is 4. The van der Waals surface area contributed by atoms with Crippen molar-refractivity contribution in [3.05, 3.63) is 58.9 Å². The van der Waals surface area contributed by atoms with Crippen LogP contribution in [0.15, 0.2) is 41.5 Å². The summed E-state index contributed by atoms with van der Waals surface area (Å²) in [5.41, 5.74) is 7.83. The predicted octanol–water partition coefficient (Wildman–Crippen LogP) is 2.09. The number of likely N-dealkylation sites (tertiary alicyclic amines) is 2. The SMILES string of the molecule is C#C.CN(C)C(=O)c1ccc(C(=O)NC(N)=Nc2ccc3c(c2)C(=O)OC3)cn1.O=C(CN1CCCCCC1=O)N1CCCC1. The van der Waals surface area contributed by atoms with Crippen LogP contribution in [0.1, 0.15) is 75.3 Å². The number of hydrogen-bond donors (Lipinski definition) is 2. The molecule has 3 aliphatic heterocycles. The molecule has 0 bridgehead atoms. The third-order valence-electron chi connectivity index (χ3n) is 7.27. The average molecular weight is 618 g/mol. The van der Waals surface area contributed by atoms with E-state index in [0.29, 0.717) is 24.2 Å². The molecule has 4 amide bonds. The number of ether oxygens (including phenoxy) is 1. The van der Waals surface area contributed by atoms with Gasteiger partial charge in [-0.1, -0.05) is 12.5 Å². The first-order valence-electron chi connectivity index (χ1n) is 14.6. The Morgan fingerprint density at radius 2 is 1.73 bits per heavy atom. The number of guanidine groups is 1. The highest BCUT2D eigenvalue weighted by Crippen LogP contribution is 2.24. The number of carbonyl (C=O) groups is 5. The molecule has 0 radical (unpaired) electrons. The number of esters is 1. The van der Waals surface area contributed by atoms with E-state index >= 15 is 0 Å². The zero-order chi connectivity index (χ0) is 32.9. The van der Waals surface area contributed by atoms with Gasteiger partial charge in [0.15, 0.2) is 0 Å². The van der Waals surface area contributed by atoms with Crippen LogP contribution in [0.4, 0.5) is 5.69 Å². The van der Waals surface area contributed by atoms with E-state index in [4.69, 9.17) is 10.5 Å². The van der Waals surface area contributed by atoms with Crippen LogP contribution in [0.25, 0.3) is 0 Å². The number of nitrogens with zero attached hydrogens (tertiary/aromatic N) is 5. The number of aliphatic imine (C=N–C) groups is 1. The number of aromatic nitrogens is 1. The van der Waals surface area contributed by atoms with Crippen molar-refractivity contribution in [1.29, 1.82) is 0 Å². The zero-order valence-electron chi connectivity index (χ0n) is 25.7. The van der Waals surface area contributed by atoms with Crippen LogP contribution in [-0.2, 0) is 20.9 Å². The molecule has 0 aliphatic carbocycles. The Kier molecular flexibility index (Phi) is 12.6. The quantitative estimate of drug-likeness (QED) is 0.223. The second kappa shape index (κ2) is 16.6. The van der Waals surface area contributed by atoms with Crippen LogP contribution in [0, 0.1) is 12.8 Å². The van der Waals surface area contributed by atoms with Gasteiger partial charge in [0.25, 0.3) is 11.8 Å². The molecule has 5 rings (SSSR count). The van der Waals surface area contributed by atoms with Gasteiger partial charge in [0.2, 0.25) is 17.8 Å². The van der Waals surface area contributed by atoms with Crippen LogP contribution in [0.2, 0.25) is 0 Å². The number of terminal acetylenes is 1. The molecule has 2 saturated heterocycles. The molecule has 13 nitrogen and oxygen atoms in total. The van der Waals surface area contributed by atoms with Crippen molar-refractivity contribution in [2.75, 3.05) is 40.3 Å². The minimum Gasteiger partial charge on any atom is -0.457 e. The van der Waals surface area contributed by atoms with E-state index in [-0.39, 0.29) is 41.5 Å². The van der Waals surface area contributed by atoms with E-state index in [2.05, 4.69) is 28.1 Å². The normalized spacial score (nSPS) is 15.8. The van der Waals surface area contributed by atoms with Gasteiger partial charge in [0, 0.05) is 51.9 Å². The van der Waals surface area contributed by atoms with Crippen molar-refractivity contribution < 1.29 is 28.7 Å². The molecule has 2 aromatic rings. The maximum Gasteiger partial charge on any atom is 0.338 e. The number of cyclic esters (lactones) is 1. The van der Waals surface area contributed by atoms with Crippen molar-refractivity contribution in [3.63, 3.8) is 0 Å². The maximum atomic E-state index is 12.2. The summed E-state index contributed by atoms with van der Waals surface area (Å²) in [7, 11) is 3.22. The molecule has 3 aliphatic rings. The number of fused-ring (bicyclic) bond motifs is 1. The van der Waals surface area contributed by atoms with E-state index in [1.54, 1.807) is 37.2 Å². The molecular formula is C32H39N7O6. The summed E-state index contributed by atoms with van der Waals surface area (Å²) in [6.45, 7) is 3.06. The lowest BCUT2D eigenvalue weighted by molar-refractivity contribution is -0.139. The van der Waals surface area contributed by atoms with Crippen molar-refractivity contribution in [1.82, 2.24) is 25.0 Å². The Bertz CT molecular complexity index is 1450. The van der Waals surface area contributed by atoms with Crippen molar-refractivity contribution in [3.8, 4) is 12.8 Å². The third-order valence-corrected chi connectivity index (χ3v) is 7.27. The summed E-state index contributed by atoms with van der Waals surface area (Å²) < 4.78 is 4.92. The molecule has 3 N–H and O–H groups in total. The Balaban J connectivity index is 0.000000261. The molecule has 0 unspecified atom stereocenters. The molecule has 1 aromatic carbocycles. The second-order valence-corrected chi connectivity index (χ2v) is 10.7. The van der Waals surface area contributed by atoms with Gasteiger partial charge in [-0.3, -0.25) is 29.5 Å². The summed E-state index contributed by atoms with van der Waals surface area (Å²) in [5, 5.41) is 2.43. The van der Waals surface area contributed by atoms with Gasteiger partial charge in [0.05, 0.1) is 23.4 Å². The second-order valence-electron chi connectivity index (χ2n) is 10.7. The first-order chi connectivity index (χ1) is 21.6. The fourth-order valence-corrected chi connectivity index (χ4v) is 4.85. The molecule has 13 heteroatoms. The summed E-state index contributed by atoms with van der Waals surface area (Å²) in [6, 6.07) is 7.86. The molecule has 0 saturated carbocycles. The van der Waals surface area contributed by atoms with Crippen molar-refractivity contribution >= 4 is 41.2 Å². The highest BCUT2D eigenvalue weighted by molar-refractivity contribution is 6.06. The van der Waals surface area contributed by atoms with Gasteiger partial charge < -0.3 is 25.2 Å². The monoisotopic (exact) mass is 617 g/mol. The van der Waals surface area contributed by atoms with Crippen LogP contribution >= 0.6 is 0 Å². The molecule has 238 valence electrons. The van der Waals surface area contributed by atoms with E-state index in [1.807, 2.05) is 4.90 Å².